The first-order chi connectivity index (χ1) is 14.3. The highest BCUT2D eigenvalue weighted by molar-refractivity contribution is 6.32. The van der Waals surface area contributed by atoms with Gasteiger partial charge in [-0.1, -0.05) is 17.7 Å². The average molecular weight is 437 g/mol. The fourth-order valence-electron chi connectivity index (χ4n) is 2.94. The van der Waals surface area contributed by atoms with Crippen molar-refractivity contribution in [2.75, 3.05) is 40.4 Å². The predicted molar refractivity (Wildman–Crippen MR) is 112 cm³/mol. The topological polar surface area (TPSA) is 42.0 Å². The first kappa shape index (κ1) is 22.1. The third-order valence-corrected chi connectivity index (χ3v) is 4.82. The Morgan fingerprint density at radius 3 is 2.63 bits per heavy atom. The molecule has 1 aliphatic rings. The summed E-state index contributed by atoms with van der Waals surface area (Å²) in [6.07, 6.45) is 3.02. The van der Waals surface area contributed by atoms with E-state index in [0.29, 0.717) is 48.4 Å². The molecule has 0 radical (unpaired) electrons. The van der Waals surface area contributed by atoms with Crippen molar-refractivity contribution in [3.8, 4) is 11.5 Å². The van der Waals surface area contributed by atoms with Crippen molar-refractivity contribution in [1.82, 2.24) is 9.80 Å². The molecular formula is C22H23ClF2N2O3. The van der Waals surface area contributed by atoms with Crippen LogP contribution in [0.4, 0.5) is 8.78 Å². The number of benzene rings is 2. The number of likely N-dealkylation sites (N-methyl/N-ethyl adjacent to an activating group) is 1. The minimum absolute atomic E-state index is 0.0328. The van der Waals surface area contributed by atoms with Crippen molar-refractivity contribution in [3.05, 3.63) is 64.2 Å². The molecular weight excluding hydrogens is 414 g/mol. The lowest BCUT2D eigenvalue weighted by atomic mass is 10.1. The van der Waals surface area contributed by atoms with Gasteiger partial charge in [0.15, 0.2) is 11.5 Å². The maximum Gasteiger partial charge on any atom is 0.246 e. The quantitative estimate of drug-likeness (QED) is 0.615. The number of hydrogen-bond donors (Lipinski definition) is 0. The number of nitrogens with zero attached hydrogens (tertiary/aromatic N) is 2. The SMILES string of the molecule is CN(C)CCN(Cc1ccc(F)cc1F)C(=O)C=Cc1cc(Cl)c2c(c1)OCCO2. The Morgan fingerprint density at radius 1 is 1.13 bits per heavy atom. The van der Waals surface area contributed by atoms with Gasteiger partial charge in [0.2, 0.25) is 5.91 Å². The van der Waals surface area contributed by atoms with E-state index in [1.54, 1.807) is 18.2 Å². The van der Waals surface area contributed by atoms with Crippen molar-refractivity contribution in [2.24, 2.45) is 0 Å². The maximum atomic E-state index is 14.1. The molecule has 0 bridgehead atoms. The van der Waals surface area contributed by atoms with Gasteiger partial charge in [-0.25, -0.2) is 8.78 Å². The summed E-state index contributed by atoms with van der Waals surface area (Å²) in [6, 6.07) is 6.78. The summed E-state index contributed by atoms with van der Waals surface area (Å²) in [6.45, 7) is 1.87. The van der Waals surface area contributed by atoms with Gasteiger partial charge in [0, 0.05) is 37.3 Å². The monoisotopic (exact) mass is 436 g/mol. The fourth-order valence-corrected chi connectivity index (χ4v) is 3.22. The molecule has 1 amide bonds. The number of amides is 1. The summed E-state index contributed by atoms with van der Waals surface area (Å²) in [5.74, 6) is -0.617. The lowest BCUT2D eigenvalue weighted by molar-refractivity contribution is -0.126. The lowest BCUT2D eigenvalue weighted by Crippen LogP contribution is -2.35. The zero-order valence-electron chi connectivity index (χ0n) is 16.8. The zero-order valence-corrected chi connectivity index (χ0v) is 17.6. The molecule has 8 heteroatoms. The summed E-state index contributed by atoms with van der Waals surface area (Å²) in [7, 11) is 3.77. The molecule has 0 aromatic heterocycles. The summed E-state index contributed by atoms with van der Waals surface area (Å²) < 4.78 is 38.3. The van der Waals surface area contributed by atoms with E-state index in [-0.39, 0.29) is 18.0 Å². The van der Waals surface area contributed by atoms with Crippen molar-refractivity contribution in [2.45, 2.75) is 6.54 Å². The molecule has 0 saturated carbocycles. The Labute approximate surface area is 179 Å². The number of carbonyl (C=O) groups excluding carboxylic acids is 1. The van der Waals surface area contributed by atoms with Crippen LogP contribution < -0.4 is 9.47 Å². The first-order valence-electron chi connectivity index (χ1n) is 9.48. The molecule has 2 aromatic carbocycles. The standard InChI is InChI=1S/C22H23ClF2N2O3/c1-26(2)7-8-27(14-16-4-5-17(24)13-19(16)25)21(28)6-3-15-11-18(23)22-20(12-15)29-9-10-30-22/h3-6,11-13H,7-10,14H2,1-2H3. The predicted octanol–water partition coefficient (Wildman–Crippen LogP) is 3.99. The molecule has 0 saturated heterocycles. The molecule has 0 N–H and O–H groups in total. The minimum atomic E-state index is -0.680. The lowest BCUT2D eigenvalue weighted by Gasteiger charge is -2.23. The Morgan fingerprint density at radius 2 is 1.90 bits per heavy atom. The zero-order chi connectivity index (χ0) is 21.7. The van der Waals surface area contributed by atoms with Gasteiger partial charge >= 0.3 is 0 Å². The van der Waals surface area contributed by atoms with Gasteiger partial charge in [-0.15, -0.1) is 0 Å². The molecule has 1 heterocycles. The van der Waals surface area contributed by atoms with Crippen molar-refractivity contribution in [1.29, 1.82) is 0 Å². The smallest absolute Gasteiger partial charge is 0.246 e. The van der Waals surface area contributed by atoms with Gasteiger partial charge in [-0.3, -0.25) is 4.79 Å². The Hall–Kier alpha value is -2.64. The number of hydrogen-bond acceptors (Lipinski definition) is 4. The molecule has 160 valence electrons. The Kier molecular flexibility index (Phi) is 7.29. The number of ether oxygens (including phenoxy) is 2. The number of rotatable bonds is 7. The van der Waals surface area contributed by atoms with E-state index in [1.807, 2.05) is 19.0 Å². The van der Waals surface area contributed by atoms with Crippen LogP contribution >= 0.6 is 11.6 Å². The second kappa shape index (κ2) is 9.91. The van der Waals surface area contributed by atoms with Crippen molar-refractivity contribution >= 4 is 23.6 Å². The molecule has 1 aliphatic heterocycles. The molecule has 3 rings (SSSR count). The summed E-state index contributed by atoms with van der Waals surface area (Å²) in [5.41, 5.74) is 0.928. The summed E-state index contributed by atoms with van der Waals surface area (Å²) in [4.78, 5) is 16.2. The third kappa shape index (κ3) is 5.70. The average Bonchev–Trinajstić information content (AvgIpc) is 2.70. The van der Waals surface area contributed by atoms with Crippen LogP contribution in [0.3, 0.4) is 0 Å². The third-order valence-electron chi connectivity index (χ3n) is 4.54. The number of carbonyl (C=O) groups is 1. The van der Waals surface area contributed by atoms with Gasteiger partial charge in [0.05, 0.1) is 5.02 Å². The molecule has 0 unspecified atom stereocenters. The van der Waals surface area contributed by atoms with Crippen molar-refractivity contribution < 1.29 is 23.0 Å². The highest BCUT2D eigenvalue weighted by Crippen LogP contribution is 2.38. The molecule has 5 nitrogen and oxygen atoms in total. The number of fused-ring (bicyclic) bond motifs is 1. The van der Waals surface area contributed by atoms with Gasteiger partial charge in [0.1, 0.15) is 24.8 Å². The Balaban J connectivity index is 1.77. The highest BCUT2D eigenvalue weighted by atomic mass is 35.5. The van der Waals surface area contributed by atoms with Crippen LogP contribution in [0.15, 0.2) is 36.4 Å². The molecule has 2 aromatic rings. The van der Waals surface area contributed by atoms with Crippen LogP contribution in [0.5, 0.6) is 11.5 Å². The van der Waals surface area contributed by atoms with E-state index >= 15 is 0 Å². The largest absolute Gasteiger partial charge is 0.486 e. The molecule has 0 aliphatic carbocycles. The summed E-state index contributed by atoms with van der Waals surface area (Å²) in [5, 5.41) is 0.400. The molecule has 0 fully saturated rings. The first-order valence-corrected chi connectivity index (χ1v) is 9.86. The van der Waals surface area contributed by atoms with Crippen LogP contribution in [0.2, 0.25) is 5.02 Å². The van der Waals surface area contributed by atoms with Gasteiger partial charge in [0.25, 0.3) is 0 Å². The van der Waals surface area contributed by atoms with E-state index in [1.165, 1.54) is 23.1 Å². The maximum absolute atomic E-state index is 14.1. The van der Waals surface area contributed by atoms with E-state index < -0.39 is 11.6 Å². The fraction of sp³-hybridized carbons (Fsp3) is 0.318. The number of halogens is 3. The van der Waals surface area contributed by atoms with Crippen LogP contribution in [-0.4, -0.2) is 56.1 Å². The minimum Gasteiger partial charge on any atom is -0.486 e. The van der Waals surface area contributed by atoms with Crippen LogP contribution in [0.1, 0.15) is 11.1 Å². The second-order valence-electron chi connectivity index (χ2n) is 7.16. The van der Waals surface area contributed by atoms with Crippen LogP contribution in [0, 0.1) is 11.6 Å². The van der Waals surface area contributed by atoms with Crippen LogP contribution in [-0.2, 0) is 11.3 Å². The van der Waals surface area contributed by atoms with Crippen molar-refractivity contribution in [3.63, 3.8) is 0 Å². The van der Waals surface area contributed by atoms with Gasteiger partial charge in [-0.05, 0) is 43.9 Å². The Bertz CT molecular complexity index is 950. The second-order valence-corrected chi connectivity index (χ2v) is 7.57. The van der Waals surface area contributed by atoms with Gasteiger partial charge in [-0.2, -0.15) is 0 Å². The highest BCUT2D eigenvalue weighted by Gasteiger charge is 2.17. The molecule has 0 spiro atoms. The van der Waals surface area contributed by atoms with E-state index in [4.69, 9.17) is 21.1 Å². The van der Waals surface area contributed by atoms with Gasteiger partial charge < -0.3 is 19.3 Å². The summed E-state index contributed by atoms with van der Waals surface area (Å²) >= 11 is 6.24. The van der Waals surface area contributed by atoms with Crippen LogP contribution in [0.25, 0.3) is 6.08 Å². The molecule has 0 atom stereocenters. The normalized spacial score (nSPS) is 13.1. The van der Waals surface area contributed by atoms with E-state index in [9.17, 15) is 13.6 Å². The van der Waals surface area contributed by atoms with E-state index in [2.05, 4.69) is 0 Å². The molecule has 30 heavy (non-hydrogen) atoms. The van der Waals surface area contributed by atoms with E-state index in [0.717, 1.165) is 6.07 Å².